The minimum absolute atomic E-state index is 0.00586. The smallest absolute Gasteiger partial charge is 0.254 e. The summed E-state index contributed by atoms with van der Waals surface area (Å²) in [5.41, 5.74) is 0.548. The minimum Gasteiger partial charge on any atom is -0.497 e. The number of amides is 3. The Labute approximate surface area is 175 Å². The standard InChI is InChI=1S/C22H27N3O5/c1-29-16-6-4-15(5-7-16)20(26)23-8-9-24-19(12-23)22(28)25-11-17(10-18(25)21(24)27)30-13-14-2-3-14/h4-7,14,17-19H,2-3,8-13H2,1H3/t17-,18+,19-/m1/s1. The molecular formula is C22H27N3O5. The van der Waals surface area contributed by atoms with Crippen LogP contribution in [0.2, 0.25) is 0 Å². The number of fused-ring (bicyclic) bond motifs is 2. The molecule has 4 aliphatic rings. The highest BCUT2D eigenvalue weighted by molar-refractivity contribution is 5.99. The summed E-state index contributed by atoms with van der Waals surface area (Å²) in [4.78, 5) is 44.2. The summed E-state index contributed by atoms with van der Waals surface area (Å²) in [6.07, 6.45) is 2.94. The van der Waals surface area contributed by atoms with E-state index in [0.29, 0.717) is 43.3 Å². The molecule has 1 aromatic carbocycles. The second-order valence-corrected chi connectivity index (χ2v) is 8.67. The highest BCUT2D eigenvalue weighted by Gasteiger charge is 2.52. The number of hydrogen-bond acceptors (Lipinski definition) is 5. The van der Waals surface area contributed by atoms with Crippen LogP contribution in [0.3, 0.4) is 0 Å². The number of hydrogen-bond donors (Lipinski definition) is 0. The van der Waals surface area contributed by atoms with E-state index >= 15 is 0 Å². The van der Waals surface area contributed by atoms with E-state index < -0.39 is 12.1 Å². The SMILES string of the molecule is COc1ccc(C(=O)N2CCN3C(=O)[C@@H]4C[C@@H](OCC5CC5)CN4C(=O)[C@H]3C2)cc1. The second-order valence-electron chi connectivity index (χ2n) is 8.67. The molecule has 0 bridgehead atoms. The van der Waals surface area contributed by atoms with Gasteiger partial charge in [-0.05, 0) is 43.0 Å². The molecule has 8 nitrogen and oxygen atoms in total. The first-order valence-electron chi connectivity index (χ1n) is 10.7. The summed E-state index contributed by atoms with van der Waals surface area (Å²) in [7, 11) is 1.58. The van der Waals surface area contributed by atoms with E-state index in [-0.39, 0.29) is 30.4 Å². The summed E-state index contributed by atoms with van der Waals surface area (Å²) in [6, 6.07) is 5.91. The molecule has 0 radical (unpaired) electrons. The first kappa shape index (κ1) is 19.4. The van der Waals surface area contributed by atoms with Crippen LogP contribution < -0.4 is 4.74 Å². The normalized spacial score (nSPS) is 28.4. The lowest BCUT2D eigenvalue weighted by molar-refractivity contribution is -0.162. The van der Waals surface area contributed by atoms with E-state index in [1.165, 1.54) is 12.8 Å². The lowest BCUT2D eigenvalue weighted by Gasteiger charge is -2.47. The molecule has 3 heterocycles. The molecule has 8 heteroatoms. The zero-order valence-corrected chi connectivity index (χ0v) is 17.2. The fourth-order valence-corrected chi connectivity index (χ4v) is 4.69. The van der Waals surface area contributed by atoms with Crippen LogP contribution in [0.4, 0.5) is 0 Å². The van der Waals surface area contributed by atoms with Crippen molar-refractivity contribution >= 4 is 17.7 Å². The van der Waals surface area contributed by atoms with Gasteiger partial charge in [-0.15, -0.1) is 0 Å². The molecule has 3 amide bonds. The van der Waals surface area contributed by atoms with Crippen molar-refractivity contribution in [2.24, 2.45) is 5.92 Å². The Morgan fingerprint density at radius 1 is 1.00 bits per heavy atom. The van der Waals surface area contributed by atoms with Gasteiger partial charge in [0.15, 0.2) is 0 Å². The minimum atomic E-state index is -0.605. The van der Waals surface area contributed by atoms with E-state index in [1.807, 2.05) is 0 Å². The monoisotopic (exact) mass is 413 g/mol. The molecule has 5 rings (SSSR count). The third-order valence-electron chi connectivity index (χ3n) is 6.67. The lowest BCUT2D eigenvalue weighted by Crippen LogP contribution is -2.69. The number of methoxy groups -OCH3 is 1. The molecule has 0 aromatic heterocycles. The summed E-state index contributed by atoms with van der Waals surface area (Å²) in [5.74, 6) is 1.13. The van der Waals surface area contributed by atoms with Crippen LogP contribution in [0.15, 0.2) is 24.3 Å². The maximum Gasteiger partial charge on any atom is 0.254 e. The van der Waals surface area contributed by atoms with Crippen molar-refractivity contribution in [3.8, 4) is 5.75 Å². The fourth-order valence-electron chi connectivity index (χ4n) is 4.69. The Hall–Kier alpha value is -2.61. The largest absolute Gasteiger partial charge is 0.497 e. The van der Waals surface area contributed by atoms with Crippen LogP contribution in [0.25, 0.3) is 0 Å². The van der Waals surface area contributed by atoms with E-state index in [2.05, 4.69) is 0 Å². The van der Waals surface area contributed by atoms with Gasteiger partial charge in [0.25, 0.3) is 5.91 Å². The van der Waals surface area contributed by atoms with Crippen molar-refractivity contribution < 1.29 is 23.9 Å². The molecule has 0 unspecified atom stereocenters. The Morgan fingerprint density at radius 3 is 2.43 bits per heavy atom. The van der Waals surface area contributed by atoms with Crippen LogP contribution in [-0.2, 0) is 14.3 Å². The van der Waals surface area contributed by atoms with Crippen LogP contribution >= 0.6 is 0 Å². The lowest BCUT2D eigenvalue weighted by atomic mass is 10.0. The Kier molecular flexibility index (Phi) is 4.89. The molecule has 1 aliphatic carbocycles. The van der Waals surface area contributed by atoms with E-state index in [1.54, 1.807) is 46.1 Å². The van der Waals surface area contributed by atoms with E-state index in [0.717, 1.165) is 6.61 Å². The Morgan fingerprint density at radius 2 is 1.73 bits per heavy atom. The highest BCUT2D eigenvalue weighted by atomic mass is 16.5. The molecule has 0 N–H and O–H groups in total. The molecule has 4 fully saturated rings. The summed E-state index contributed by atoms with van der Waals surface area (Å²) in [5, 5.41) is 0. The molecule has 1 saturated carbocycles. The number of piperazine rings is 2. The van der Waals surface area contributed by atoms with Gasteiger partial charge in [0, 0.05) is 38.2 Å². The topological polar surface area (TPSA) is 79.4 Å². The third kappa shape index (κ3) is 3.43. The van der Waals surface area contributed by atoms with Crippen LogP contribution in [-0.4, -0.2) is 90.5 Å². The van der Waals surface area contributed by atoms with Crippen LogP contribution in [0.1, 0.15) is 29.6 Å². The van der Waals surface area contributed by atoms with Crippen molar-refractivity contribution in [1.82, 2.24) is 14.7 Å². The van der Waals surface area contributed by atoms with Crippen LogP contribution in [0.5, 0.6) is 5.75 Å². The summed E-state index contributed by atoms with van der Waals surface area (Å²) >= 11 is 0. The third-order valence-corrected chi connectivity index (χ3v) is 6.67. The molecule has 3 saturated heterocycles. The van der Waals surface area contributed by atoms with E-state index in [4.69, 9.17) is 9.47 Å². The number of benzene rings is 1. The Bertz CT molecular complexity index is 853. The maximum absolute atomic E-state index is 13.2. The molecule has 0 spiro atoms. The van der Waals surface area contributed by atoms with Crippen LogP contribution in [0, 0.1) is 5.92 Å². The molecule has 3 aliphatic heterocycles. The average Bonchev–Trinajstić information content (AvgIpc) is 3.52. The molecule has 160 valence electrons. The van der Waals surface area contributed by atoms with Gasteiger partial charge >= 0.3 is 0 Å². The molecular weight excluding hydrogens is 386 g/mol. The van der Waals surface area contributed by atoms with Gasteiger partial charge in [-0.1, -0.05) is 0 Å². The number of carbonyl (C=O) groups excluding carboxylic acids is 3. The van der Waals surface area contributed by atoms with Crippen molar-refractivity contribution in [3.05, 3.63) is 29.8 Å². The first-order chi connectivity index (χ1) is 14.5. The first-order valence-corrected chi connectivity index (χ1v) is 10.7. The zero-order valence-electron chi connectivity index (χ0n) is 17.2. The maximum atomic E-state index is 13.2. The average molecular weight is 413 g/mol. The predicted octanol–water partition coefficient (Wildman–Crippen LogP) is 0.758. The van der Waals surface area contributed by atoms with Gasteiger partial charge in [-0.2, -0.15) is 0 Å². The Balaban J connectivity index is 1.27. The predicted molar refractivity (Wildman–Crippen MR) is 107 cm³/mol. The molecule has 30 heavy (non-hydrogen) atoms. The van der Waals surface area contributed by atoms with Crippen molar-refractivity contribution in [2.45, 2.75) is 37.5 Å². The van der Waals surface area contributed by atoms with Gasteiger partial charge in [-0.3, -0.25) is 14.4 Å². The van der Waals surface area contributed by atoms with E-state index in [9.17, 15) is 14.4 Å². The van der Waals surface area contributed by atoms with Gasteiger partial charge in [0.05, 0.1) is 19.8 Å². The summed E-state index contributed by atoms with van der Waals surface area (Å²) < 4.78 is 11.1. The number of rotatable bonds is 5. The molecule has 1 aromatic rings. The zero-order chi connectivity index (χ0) is 20.8. The van der Waals surface area contributed by atoms with Crippen molar-refractivity contribution in [3.63, 3.8) is 0 Å². The van der Waals surface area contributed by atoms with Gasteiger partial charge in [0.1, 0.15) is 17.8 Å². The quantitative estimate of drug-likeness (QED) is 0.712. The number of nitrogens with zero attached hydrogens (tertiary/aromatic N) is 3. The van der Waals surface area contributed by atoms with Gasteiger partial charge in [0.2, 0.25) is 11.8 Å². The number of ether oxygens (including phenoxy) is 2. The highest BCUT2D eigenvalue weighted by Crippen LogP contribution is 2.33. The van der Waals surface area contributed by atoms with Crippen molar-refractivity contribution in [2.75, 3.05) is 39.9 Å². The molecule has 3 atom stereocenters. The second kappa shape index (κ2) is 7.58. The van der Waals surface area contributed by atoms with Gasteiger partial charge < -0.3 is 24.2 Å². The van der Waals surface area contributed by atoms with Gasteiger partial charge in [-0.25, -0.2) is 0 Å². The fraction of sp³-hybridized carbons (Fsp3) is 0.591. The van der Waals surface area contributed by atoms with Crippen molar-refractivity contribution in [1.29, 1.82) is 0 Å². The summed E-state index contributed by atoms with van der Waals surface area (Å²) in [6.45, 7) is 2.24. The number of carbonyl (C=O) groups is 3.